The lowest BCUT2D eigenvalue weighted by Crippen LogP contribution is -2.48. The highest BCUT2D eigenvalue weighted by molar-refractivity contribution is 7.89. The fourth-order valence-corrected chi connectivity index (χ4v) is 5.78. The van der Waals surface area contributed by atoms with Crippen molar-refractivity contribution in [3.8, 4) is 0 Å². The molecular weight excluding hydrogens is 342 g/mol. The number of ether oxygens (including phenoxy) is 1. The van der Waals surface area contributed by atoms with Crippen molar-refractivity contribution >= 4 is 15.9 Å². The maximum atomic E-state index is 12.5. The molecule has 0 radical (unpaired) electrons. The largest absolute Gasteiger partial charge is 0.381 e. The lowest BCUT2D eigenvalue weighted by atomic mass is 9.94. The molecule has 0 aromatic rings. The van der Waals surface area contributed by atoms with Gasteiger partial charge in [-0.05, 0) is 38.1 Å². The number of carbonyl (C=O) groups excluding carboxylic acids is 1. The molecule has 0 N–H and O–H groups in total. The van der Waals surface area contributed by atoms with Gasteiger partial charge in [0.25, 0.3) is 0 Å². The average Bonchev–Trinajstić information content (AvgIpc) is 3.08. The fourth-order valence-electron chi connectivity index (χ4n) is 3.94. The maximum Gasteiger partial charge on any atom is 0.222 e. The molecular formula is C17H31N3O4S. The van der Waals surface area contributed by atoms with Crippen LogP contribution in [0, 0.1) is 11.8 Å². The molecule has 25 heavy (non-hydrogen) atoms. The van der Waals surface area contributed by atoms with Crippen molar-refractivity contribution < 1.29 is 17.9 Å². The van der Waals surface area contributed by atoms with Crippen LogP contribution in [0.1, 0.15) is 25.7 Å². The number of hydrogen-bond donors (Lipinski definition) is 0. The zero-order valence-corrected chi connectivity index (χ0v) is 16.0. The van der Waals surface area contributed by atoms with Gasteiger partial charge in [-0.15, -0.1) is 0 Å². The molecule has 3 rings (SSSR count). The van der Waals surface area contributed by atoms with Crippen LogP contribution in [-0.4, -0.2) is 93.7 Å². The Bertz CT molecular complexity index is 546. The van der Waals surface area contributed by atoms with E-state index in [9.17, 15) is 13.2 Å². The fraction of sp³-hybridized carbons (Fsp3) is 0.941. The Morgan fingerprint density at radius 1 is 1.00 bits per heavy atom. The Hall–Kier alpha value is -0.700. The average molecular weight is 374 g/mol. The quantitative estimate of drug-likeness (QED) is 0.690. The Labute approximate surface area is 151 Å². The number of rotatable bonds is 5. The van der Waals surface area contributed by atoms with Gasteiger partial charge in [0, 0.05) is 52.3 Å². The third kappa shape index (κ3) is 5.15. The van der Waals surface area contributed by atoms with E-state index in [1.807, 2.05) is 4.90 Å². The first-order valence-corrected chi connectivity index (χ1v) is 11.1. The van der Waals surface area contributed by atoms with Gasteiger partial charge in [-0.2, -0.15) is 0 Å². The van der Waals surface area contributed by atoms with Crippen molar-refractivity contribution in [2.24, 2.45) is 11.8 Å². The number of sulfonamides is 1. The minimum Gasteiger partial charge on any atom is -0.381 e. The van der Waals surface area contributed by atoms with Crippen LogP contribution < -0.4 is 0 Å². The third-order valence-electron chi connectivity index (χ3n) is 5.76. The van der Waals surface area contributed by atoms with E-state index >= 15 is 0 Å². The molecule has 3 fully saturated rings. The maximum absolute atomic E-state index is 12.5. The van der Waals surface area contributed by atoms with E-state index < -0.39 is 10.0 Å². The Morgan fingerprint density at radius 3 is 2.28 bits per heavy atom. The van der Waals surface area contributed by atoms with Gasteiger partial charge < -0.3 is 14.5 Å². The molecule has 0 spiro atoms. The summed E-state index contributed by atoms with van der Waals surface area (Å²) in [5.74, 6) is 0.894. The minimum atomic E-state index is -3.19. The van der Waals surface area contributed by atoms with Crippen LogP contribution in [0.2, 0.25) is 0 Å². The number of piperidine rings is 1. The summed E-state index contributed by atoms with van der Waals surface area (Å²) < 4.78 is 32.0. The molecule has 1 unspecified atom stereocenters. The first kappa shape index (κ1) is 19.1. The van der Waals surface area contributed by atoms with E-state index in [2.05, 4.69) is 11.9 Å². The molecule has 3 aliphatic rings. The van der Waals surface area contributed by atoms with E-state index in [4.69, 9.17) is 4.74 Å². The molecule has 8 heteroatoms. The van der Waals surface area contributed by atoms with Gasteiger partial charge in [0.2, 0.25) is 15.9 Å². The smallest absolute Gasteiger partial charge is 0.222 e. The van der Waals surface area contributed by atoms with Crippen LogP contribution >= 0.6 is 0 Å². The van der Waals surface area contributed by atoms with Gasteiger partial charge in [-0.1, -0.05) is 0 Å². The molecule has 3 heterocycles. The molecule has 3 saturated heterocycles. The molecule has 144 valence electrons. The van der Waals surface area contributed by atoms with Crippen molar-refractivity contribution in [2.75, 3.05) is 65.3 Å². The van der Waals surface area contributed by atoms with Gasteiger partial charge in [0.05, 0.1) is 12.4 Å². The SMILES string of the molecule is CN1CCN(C(=O)CC2CCN(S(=O)(=O)CC3CCOC3)CC2)CC1. The zero-order chi connectivity index (χ0) is 17.9. The van der Waals surface area contributed by atoms with Gasteiger partial charge in [-0.25, -0.2) is 12.7 Å². The summed E-state index contributed by atoms with van der Waals surface area (Å²) in [5, 5.41) is 0. The lowest BCUT2D eigenvalue weighted by molar-refractivity contribution is -0.134. The predicted octanol–water partition coefficient (Wildman–Crippen LogP) is 0.229. The summed E-state index contributed by atoms with van der Waals surface area (Å²) in [6.07, 6.45) is 2.99. The van der Waals surface area contributed by atoms with E-state index in [0.717, 1.165) is 45.4 Å². The molecule has 0 aromatic carbocycles. The summed E-state index contributed by atoms with van der Waals surface area (Å²) in [7, 11) is -1.11. The van der Waals surface area contributed by atoms with Crippen molar-refractivity contribution in [1.29, 1.82) is 0 Å². The zero-order valence-electron chi connectivity index (χ0n) is 15.2. The first-order valence-electron chi connectivity index (χ1n) is 9.46. The topological polar surface area (TPSA) is 70.2 Å². The summed E-state index contributed by atoms with van der Waals surface area (Å²) in [6.45, 7) is 5.84. The number of carbonyl (C=O) groups is 1. The molecule has 0 saturated carbocycles. The molecule has 1 amide bonds. The highest BCUT2D eigenvalue weighted by Crippen LogP contribution is 2.25. The van der Waals surface area contributed by atoms with E-state index in [1.165, 1.54) is 0 Å². The molecule has 0 aliphatic carbocycles. The van der Waals surface area contributed by atoms with Crippen molar-refractivity contribution in [1.82, 2.24) is 14.1 Å². The van der Waals surface area contributed by atoms with Crippen LogP contribution in [0.4, 0.5) is 0 Å². The number of likely N-dealkylation sites (N-methyl/N-ethyl adjacent to an activating group) is 1. The normalized spacial score (nSPS) is 27.7. The van der Waals surface area contributed by atoms with E-state index in [0.29, 0.717) is 38.6 Å². The summed E-state index contributed by atoms with van der Waals surface area (Å²) in [5.41, 5.74) is 0. The lowest BCUT2D eigenvalue weighted by Gasteiger charge is -2.35. The predicted molar refractivity (Wildman–Crippen MR) is 95.7 cm³/mol. The second-order valence-electron chi connectivity index (χ2n) is 7.74. The van der Waals surface area contributed by atoms with Gasteiger partial charge >= 0.3 is 0 Å². The van der Waals surface area contributed by atoms with Crippen LogP contribution in [0.25, 0.3) is 0 Å². The molecule has 0 bridgehead atoms. The number of hydrogen-bond acceptors (Lipinski definition) is 5. The van der Waals surface area contributed by atoms with Gasteiger partial charge in [0.15, 0.2) is 0 Å². The first-order chi connectivity index (χ1) is 11.9. The second kappa shape index (κ2) is 8.33. The standard InChI is InChI=1S/C17H31N3O4S/c1-18-7-9-19(10-8-18)17(21)12-15-2-5-20(6-3-15)25(22,23)14-16-4-11-24-13-16/h15-16H,2-14H2,1H3. The number of amides is 1. The molecule has 1 atom stereocenters. The monoisotopic (exact) mass is 373 g/mol. The Kier molecular flexibility index (Phi) is 6.35. The van der Waals surface area contributed by atoms with Crippen molar-refractivity contribution in [2.45, 2.75) is 25.7 Å². The number of nitrogens with zero attached hydrogens (tertiary/aromatic N) is 3. The van der Waals surface area contributed by atoms with Crippen LogP contribution in [-0.2, 0) is 19.6 Å². The van der Waals surface area contributed by atoms with Crippen molar-refractivity contribution in [3.05, 3.63) is 0 Å². The molecule has 0 aromatic heterocycles. The van der Waals surface area contributed by atoms with Crippen LogP contribution in [0.5, 0.6) is 0 Å². The highest BCUT2D eigenvalue weighted by atomic mass is 32.2. The van der Waals surface area contributed by atoms with Gasteiger partial charge in [-0.3, -0.25) is 4.79 Å². The third-order valence-corrected chi connectivity index (χ3v) is 7.80. The van der Waals surface area contributed by atoms with Crippen LogP contribution in [0.3, 0.4) is 0 Å². The van der Waals surface area contributed by atoms with E-state index in [-0.39, 0.29) is 17.6 Å². The molecule has 3 aliphatic heterocycles. The highest BCUT2D eigenvalue weighted by Gasteiger charge is 2.32. The number of piperazine rings is 1. The summed E-state index contributed by atoms with van der Waals surface area (Å²) in [4.78, 5) is 16.6. The van der Waals surface area contributed by atoms with Gasteiger partial charge in [0.1, 0.15) is 0 Å². The van der Waals surface area contributed by atoms with E-state index in [1.54, 1.807) is 4.31 Å². The van der Waals surface area contributed by atoms with Crippen molar-refractivity contribution in [3.63, 3.8) is 0 Å². The minimum absolute atomic E-state index is 0.140. The molecule has 7 nitrogen and oxygen atoms in total. The van der Waals surface area contributed by atoms with Crippen LogP contribution in [0.15, 0.2) is 0 Å². The Balaban J connectivity index is 1.42. The summed E-state index contributed by atoms with van der Waals surface area (Å²) in [6, 6.07) is 0. The Morgan fingerprint density at radius 2 is 1.68 bits per heavy atom. The summed E-state index contributed by atoms with van der Waals surface area (Å²) >= 11 is 0. The second-order valence-corrected chi connectivity index (χ2v) is 9.75.